The van der Waals surface area contributed by atoms with Crippen molar-refractivity contribution in [2.24, 2.45) is 10.7 Å². The summed E-state index contributed by atoms with van der Waals surface area (Å²) in [5.41, 5.74) is 6.62. The van der Waals surface area contributed by atoms with Crippen LogP contribution >= 0.6 is 11.8 Å². The number of carbonyl (C=O) groups is 1. The van der Waals surface area contributed by atoms with Crippen LogP contribution in [0, 0.1) is 0 Å². The number of rotatable bonds is 12. The van der Waals surface area contributed by atoms with Gasteiger partial charge in [0.15, 0.2) is 29.1 Å². The number of amides is 1. The van der Waals surface area contributed by atoms with Gasteiger partial charge in [0.25, 0.3) is 10.0 Å². The van der Waals surface area contributed by atoms with Crippen LogP contribution in [0.2, 0.25) is 0 Å². The van der Waals surface area contributed by atoms with Gasteiger partial charge in [-0.2, -0.15) is 0 Å². The number of nitrogens with one attached hydrogen (secondary N) is 2. The smallest absolute Gasteiger partial charge is 0.263 e. The van der Waals surface area contributed by atoms with Crippen LogP contribution in [-0.4, -0.2) is 59.6 Å². The summed E-state index contributed by atoms with van der Waals surface area (Å²) >= 11 is 0.973. The Balaban J connectivity index is 1.82. The lowest BCUT2D eigenvalue weighted by molar-refractivity contribution is -0.117. The molecule has 242 valence electrons. The number of carbonyl (C=O) groups excluding carboxylic acids is 1. The summed E-state index contributed by atoms with van der Waals surface area (Å²) in [6, 6.07) is 15.0. The second-order valence-electron chi connectivity index (χ2n) is 10.8. The number of hydrogen-bond donors (Lipinski definition) is 3. The fraction of sp³-hybridized carbons (Fsp3) is 0.290. The molecule has 0 aliphatic carbocycles. The molecule has 0 saturated carbocycles. The van der Waals surface area contributed by atoms with Crippen LogP contribution in [0.3, 0.4) is 0 Å². The van der Waals surface area contributed by atoms with Gasteiger partial charge in [-0.05, 0) is 47.7 Å². The highest BCUT2D eigenvalue weighted by Crippen LogP contribution is 2.41. The minimum atomic E-state index is -4.19. The van der Waals surface area contributed by atoms with Gasteiger partial charge in [0, 0.05) is 18.9 Å². The molecule has 0 atom stereocenters. The number of ether oxygens (including phenoxy) is 2. The predicted octanol–water partition coefficient (Wildman–Crippen LogP) is 4.77. The zero-order valence-corrected chi connectivity index (χ0v) is 27.8. The third-order valence-electron chi connectivity index (χ3n) is 6.26. The zero-order chi connectivity index (χ0) is 33.3. The first-order valence-corrected chi connectivity index (χ1v) is 16.7. The number of hydrogen-bond acceptors (Lipinski definition) is 11. The van der Waals surface area contributed by atoms with Crippen LogP contribution in [0.25, 0.3) is 11.6 Å². The van der Waals surface area contributed by atoms with Crippen LogP contribution in [0.5, 0.6) is 17.2 Å². The van der Waals surface area contributed by atoms with Crippen molar-refractivity contribution in [3.8, 4) is 28.9 Å². The molecule has 0 saturated heterocycles. The van der Waals surface area contributed by atoms with Gasteiger partial charge >= 0.3 is 0 Å². The van der Waals surface area contributed by atoms with Gasteiger partial charge < -0.3 is 15.2 Å². The van der Waals surface area contributed by atoms with E-state index in [0.717, 1.165) is 23.7 Å². The fourth-order valence-electron chi connectivity index (χ4n) is 3.92. The average molecular weight is 665 g/mol. The van der Waals surface area contributed by atoms with Gasteiger partial charge in [-0.15, -0.1) is 0 Å². The molecule has 0 radical (unpaired) electrons. The molecule has 2 aromatic heterocycles. The molecule has 1 amide bonds. The number of nitrogens with zero attached hydrogens (tertiary/aromatic N) is 5. The number of sulfonamides is 1. The molecule has 46 heavy (non-hydrogen) atoms. The molecule has 15 heteroatoms. The van der Waals surface area contributed by atoms with Gasteiger partial charge in [-0.1, -0.05) is 63.7 Å². The van der Waals surface area contributed by atoms with Crippen molar-refractivity contribution < 1.29 is 22.7 Å². The number of aliphatic imine (C=N–C) groups is 1. The van der Waals surface area contributed by atoms with Crippen LogP contribution < -0.4 is 25.2 Å². The van der Waals surface area contributed by atoms with Crippen molar-refractivity contribution in [1.82, 2.24) is 25.3 Å². The monoisotopic (exact) mass is 664 g/mol. The zero-order valence-electron chi connectivity index (χ0n) is 26.1. The van der Waals surface area contributed by atoms with E-state index in [1.54, 1.807) is 42.5 Å². The van der Waals surface area contributed by atoms with Crippen LogP contribution in [0.1, 0.15) is 39.7 Å². The minimum Gasteiger partial charge on any atom is -0.493 e. The van der Waals surface area contributed by atoms with E-state index in [1.807, 2.05) is 27.7 Å². The lowest BCUT2D eigenvalue weighted by atomic mass is 9.87. The summed E-state index contributed by atoms with van der Waals surface area (Å²) in [5.74, 6) is -0.138. The van der Waals surface area contributed by atoms with Gasteiger partial charge in [-0.3, -0.25) is 19.8 Å². The summed E-state index contributed by atoms with van der Waals surface area (Å²) in [6.07, 6.45) is 3.77. The Hall–Kier alpha value is -4.76. The molecule has 0 spiro atoms. The summed E-state index contributed by atoms with van der Waals surface area (Å²) in [5, 5.41) is 2.66. The maximum absolute atomic E-state index is 13.7. The molecule has 13 nitrogen and oxygen atoms in total. The molecule has 0 bridgehead atoms. The van der Waals surface area contributed by atoms with Gasteiger partial charge in [-0.25, -0.2) is 28.4 Å². The molecule has 0 fully saturated rings. The van der Waals surface area contributed by atoms with Crippen LogP contribution in [-0.2, 0) is 20.2 Å². The van der Waals surface area contributed by atoms with E-state index in [1.165, 1.54) is 31.6 Å². The molecule has 4 rings (SSSR count). The first kappa shape index (κ1) is 34.1. The highest BCUT2D eigenvalue weighted by Gasteiger charge is 2.26. The van der Waals surface area contributed by atoms with Gasteiger partial charge in [0.1, 0.15) is 5.03 Å². The third-order valence-corrected chi connectivity index (χ3v) is 8.57. The molecule has 2 aromatic carbocycles. The van der Waals surface area contributed by atoms with Crippen molar-refractivity contribution in [2.75, 3.05) is 24.1 Å². The Morgan fingerprint density at radius 2 is 1.65 bits per heavy atom. The number of aromatic nitrogens is 4. The van der Waals surface area contributed by atoms with Crippen LogP contribution in [0.4, 0.5) is 5.82 Å². The Kier molecular flexibility index (Phi) is 11.1. The lowest BCUT2D eigenvalue weighted by Crippen LogP contribution is -2.38. The van der Waals surface area contributed by atoms with E-state index in [4.69, 9.17) is 15.2 Å². The molecule has 0 aliphatic heterocycles. The van der Waals surface area contributed by atoms with E-state index < -0.39 is 15.9 Å². The SMILES string of the molecule is CCCN=C(N)NC(=O)CSc1nc(-c2ncccn2)nc(NS(=O)(=O)c2ccc(C(C)(C)C)cc2)c1Oc1ccccc1OC. The van der Waals surface area contributed by atoms with Crippen molar-refractivity contribution >= 4 is 39.5 Å². The summed E-state index contributed by atoms with van der Waals surface area (Å²) in [6.45, 7) is 8.51. The molecular weight excluding hydrogens is 629 g/mol. The second kappa shape index (κ2) is 15.0. The predicted molar refractivity (Wildman–Crippen MR) is 178 cm³/mol. The normalized spacial score (nSPS) is 12.0. The number of thioether (sulfide) groups is 1. The molecule has 0 unspecified atom stereocenters. The first-order valence-electron chi connectivity index (χ1n) is 14.3. The minimum absolute atomic E-state index is 0.000637. The number of para-hydroxylation sites is 2. The lowest BCUT2D eigenvalue weighted by Gasteiger charge is -2.20. The van der Waals surface area contributed by atoms with E-state index in [9.17, 15) is 13.2 Å². The molecule has 2 heterocycles. The maximum Gasteiger partial charge on any atom is 0.263 e. The molecule has 0 aliphatic rings. The maximum atomic E-state index is 13.7. The number of guanidine groups is 1. The Morgan fingerprint density at radius 3 is 2.28 bits per heavy atom. The molecule has 4 N–H and O–H groups in total. The number of anilines is 1. The topological polar surface area (TPSA) is 184 Å². The molecule has 4 aromatic rings. The van der Waals surface area contributed by atoms with E-state index in [2.05, 4.69) is 35.0 Å². The highest BCUT2D eigenvalue weighted by atomic mass is 32.2. The Bertz CT molecular complexity index is 1800. The molecular formula is C31H36N8O5S2. The van der Waals surface area contributed by atoms with E-state index in [-0.39, 0.29) is 56.0 Å². The number of benzene rings is 2. The summed E-state index contributed by atoms with van der Waals surface area (Å²) in [7, 11) is -2.71. The second-order valence-corrected chi connectivity index (χ2v) is 13.5. The van der Waals surface area contributed by atoms with Crippen molar-refractivity contribution in [3.63, 3.8) is 0 Å². The van der Waals surface area contributed by atoms with Crippen molar-refractivity contribution in [3.05, 3.63) is 72.6 Å². The largest absolute Gasteiger partial charge is 0.493 e. The van der Waals surface area contributed by atoms with Crippen LogP contribution in [0.15, 0.2) is 81.9 Å². The van der Waals surface area contributed by atoms with Gasteiger partial charge in [0.2, 0.25) is 17.5 Å². The Labute approximate surface area is 272 Å². The van der Waals surface area contributed by atoms with E-state index in [0.29, 0.717) is 12.3 Å². The quantitative estimate of drug-likeness (QED) is 0.0821. The number of methoxy groups -OCH3 is 1. The fourth-order valence-corrected chi connectivity index (χ4v) is 5.69. The summed E-state index contributed by atoms with van der Waals surface area (Å²) in [4.78, 5) is 34.4. The van der Waals surface area contributed by atoms with E-state index >= 15 is 0 Å². The standard InChI is InChI=1S/C31H36N8O5S2/c1-6-16-35-30(32)36-24(40)19-45-29-25(44-23-11-8-7-10-22(23)43-5)26(37-28(38-29)27-33-17-9-18-34-27)39-46(41,42)21-14-12-20(13-15-21)31(2,3)4/h7-15,17-18H,6,16,19H2,1-5H3,(H,37,38,39)(H3,32,35,36,40). The first-order chi connectivity index (χ1) is 21.9. The summed E-state index contributed by atoms with van der Waals surface area (Å²) < 4.78 is 41.7. The average Bonchev–Trinajstić information content (AvgIpc) is 3.04. The third kappa shape index (κ3) is 8.91. The Morgan fingerprint density at radius 1 is 0.978 bits per heavy atom. The van der Waals surface area contributed by atoms with Crippen molar-refractivity contribution in [2.45, 2.75) is 49.5 Å². The number of nitrogens with two attached hydrogens (primary N) is 1. The highest BCUT2D eigenvalue weighted by molar-refractivity contribution is 8.00. The van der Waals surface area contributed by atoms with Crippen molar-refractivity contribution in [1.29, 1.82) is 0 Å². The van der Waals surface area contributed by atoms with Gasteiger partial charge in [0.05, 0.1) is 17.8 Å².